The number of rotatable bonds is 3. The topological polar surface area (TPSA) is 29.1 Å². The van der Waals surface area contributed by atoms with Crippen molar-refractivity contribution in [3.8, 4) is 0 Å². The normalized spacial score (nSPS) is 16.8. The summed E-state index contributed by atoms with van der Waals surface area (Å²) in [4.78, 5) is 13.5. The minimum atomic E-state index is 0.0106. The zero-order chi connectivity index (χ0) is 13.9. The van der Waals surface area contributed by atoms with Crippen LogP contribution in [-0.2, 0) is 17.8 Å². The van der Waals surface area contributed by atoms with Gasteiger partial charge in [0, 0.05) is 11.4 Å². The SMILES string of the molecule is Cc1ccccc1CNC(=O)C1Cc2ccccc2S1. The maximum Gasteiger partial charge on any atom is 0.234 e. The summed E-state index contributed by atoms with van der Waals surface area (Å²) >= 11 is 1.67. The Labute approximate surface area is 123 Å². The van der Waals surface area contributed by atoms with Gasteiger partial charge in [-0.2, -0.15) is 0 Å². The van der Waals surface area contributed by atoms with Crippen molar-refractivity contribution in [3.05, 3.63) is 65.2 Å². The molecule has 20 heavy (non-hydrogen) atoms. The Morgan fingerprint density at radius 1 is 1.20 bits per heavy atom. The van der Waals surface area contributed by atoms with Gasteiger partial charge in [-0.05, 0) is 36.1 Å². The average Bonchev–Trinajstić information content (AvgIpc) is 2.90. The van der Waals surface area contributed by atoms with Crippen LogP contribution in [0.1, 0.15) is 16.7 Å². The molecular formula is C17H17NOS. The summed E-state index contributed by atoms with van der Waals surface area (Å²) < 4.78 is 0. The van der Waals surface area contributed by atoms with Crippen molar-refractivity contribution in [2.45, 2.75) is 30.0 Å². The lowest BCUT2D eigenvalue weighted by Gasteiger charge is -2.11. The fraction of sp³-hybridized carbons (Fsp3) is 0.235. The van der Waals surface area contributed by atoms with Crippen molar-refractivity contribution < 1.29 is 4.79 Å². The Bertz CT molecular complexity index is 613. The predicted molar refractivity (Wildman–Crippen MR) is 82.8 cm³/mol. The van der Waals surface area contributed by atoms with Gasteiger partial charge in [-0.25, -0.2) is 0 Å². The van der Waals surface area contributed by atoms with Gasteiger partial charge in [-0.15, -0.1) is 11.8 Å². The molecule has 2 aromatic rings. The van der Waals surface area contributed by atoms with Crippen molar-refractivity contribution in [3.63, 3.8) is 0 Å². The molecule has 3 rings (SSSR count). The van der Waals surface area contributed by atoms with Gasteiger partial charge in [-0.1, -0.05) is 42.5 Å². The number of benzene rings is 2. The lowest BCUT2D eigenvalue weighted by Crippen LogP contribution is -2.32. The van der Waals surface area contributed by atoms with Crippen LogP contribution in [-0.4, -0.2) is 11.2 Å². The Hall–Kier alpha value is -1.74. The minimum absolute atomic E-state index is 0.0106. The summed E-state index contributed by atoms with van der Waals surface area (Å²) in [5.74, 6) is 0.134. The molecule has 0 aromatic heterocycles. The number of carbonyl (C=O) groups is 1. The quantitative estimate of drug-likeness (QED) is 0.936. The first-order valence-corrected chi connectivity index (χ1v) is 7.69. The van der Waals surface area contributed by atoms with Gasteiger partial charge in [0.25, 0.3) is 0 Å². The molecule has 1 aliphatic rings. The van der Waals surface area contributed by atoms with Crippen LogP contribution in [0.2, 0.25) is 0 Å². The third-order valence-electron chi connectivity index (χ3n) is 3.65. The lowest BCUT2D eigenvalue weighted by atomic mass is 10.1. The molecule has 0 radical (unpaired) electrons. The standard InChI is InChI=1S/C17H17NOS/c1-12-6-2-3-8-14(12)11-18-17(19)16-10-13-7-4-5-9-15(13)20-16/h2-9,16H,10-11H2,1H3,(H,18,19). The van der Waals surface area contributed by atoms with Crippen molar-refractivity contribution in [1.29, 1.82) is 0 Å². The summed E-state index contributed by atoms with van der Waals surface area (Å²) in [5, 5.41) is 3.07. The fourth-order valence-electron chi connectivity index (χ4n) is 2.43. The highest BCUT2D eigenvalue weighted by atomic mass is 32.2. The highest BCUT2D eigenvalue weighted by molar-refractivity contribution is 8.01. The highest BCUT2D eigenvalue weighted by Gasteiger charge is 2.27. The van der Waals surface area contributed by atoms with Crippen molar-refractivity contribution in [1.82, 2.24) is 5.32 Å². The molecule has 0 fully saturated rings. The van der Waals surface area contributed by atoms with E-state index in [1.807, 2.05) is 24.3 Å². The number of hydrogen-bond donors (Lipinski definition) is 1. The van der Waals surface area contributed by atoms with Crippen LogP contribution in [0.5, 0.6) is 0 Å². The van der Waals surface area contributed by atoms with E-state index in [2.05, 4.69) is 36.5 Å². The summed E-state index contributed by atoms with van der Waals surface area (Å²) in [5.41, 5.74) is 3.69. The summed E-state index contributed by atoms with van der Waals surface area (Å²) in [6.07, 6.45) is 0.834. The van der Waals surface area contributed by atoms with E-state index in [9.17, 15) is 4.79 Å². The van der Waals surface area contributed by atoms with Crippen LogP contribution in [0, 0.1) is 6.92 Å². The van der Waals surface area contributed by atoms with Crippen LogP contribution in [0.15, 0.2) is 53.4 Å². The Morgan fingerprint density at radius 2 is 1.95 bits per heavy atom. The first-order chi connectivity index (χ1) is 9.74. The number of carbonyl (C=O) groups excluding carboxylic acids is 1. The molecule has 1 N–H and O–H groups in total. The molecule has 1 atom stereocenters. The highest BCUT2D eigenvalue weighted by Crippen LogP contribution is 2.36. The van der Waals surface area contributed by atoms with Gasteiger partial charge in [0.05, 0.1) is 5.25 Å². The van der Waals surface area contributed by atoms with E-state index in [1.54, 1.807) is 11.8 Å². The zero-order valence-corrected chi connectivity index (χ0v) is 12.2. The monoisotopic (exact) mass is 283 g/mol. The molecule has 0 saturated heterocycles. The second-order valence-electron chi connectivity index (χ2n) is 5.06. The third kappa shape index (κ3) is 2.73. The molecule has 2 aromatic carbocycles. The summed E-state index contributed by atoms with van der Waals surface area (Å²) in [6, 6.07) is 16.4. The number of nitrogens with one attached hydrogen (secondary N) is 1. The van der Waals surface area contributed by atoms with Gasteiger partial charge in [0.1, 0.15) is 0 Å². The molecule has 0 aliphatic carbocycles. The van der Waals surface area contributed by atoms with E-state index in [1.165, 1.54) is 21.6 Å². The van der Waals surface area contributed by atoms with Crippen LogP contribution >= 0.6 is 11.8 Å². The maximum atomic E-state index is 12.3. The Morgan fingerprint density at radius 3 is 2.75 bits per heavy atom. The molecule has 1 amide bonds. The molecular weight excluding hydrogens is 266 g/mol. The first kappa shape index (κ1) is 13.3. The second kappa shape index (κ2) is 5.71. The fourth-order valence-corrected chi connectivity index (χ4v) is 3.65. The molecule has 0 saturated carbocycles. The van der Waals surface area contributed by atoms with E-state index in [-0.39, 0.29) is 11.2 Å². The lowest BCUT2D eigenvalue weighted by molar-refractivity contribution is -0.120. The third-order valence-corrected chi connectivity index (χ3v) is 4.97. The molecule has 1 aliphatic heterocycles. The predicted octanol–water partition coefficient (Wildman–Crippen LogP) is 3.33. The number of hydrogen-bond acceptors (Lipinski definition) is 2. The molecule has 1 unspecified atom stereocenters. The zero-order valence-electron chi connectivity index (χ0n) is 11.4. The van der Waals surface area contributed by atoms with Crippen molar-refractivity contribution in [2.24, 2.45) is 0 Å². The van der Waals surface area contributed by atoms with E-state index in [4.69, 9.17) is 0 Å². The maximum absolute atomic E-state index is 12.3. The van der Waals surface area contributed by atoms with Gasteiger partial charge in [0.2, 0.25) is 5.91 Å². The molecule has 1 heterocycles. The van der Waals surface area contributed by atoms with E-state index >= 15 is 0 Å². The molecule has 0 bridgehead atoms. The van der Waals surface area contributed by atoms with E-state index in [0.29, 0.717) is 6.54 Å². The summed E-state index contributed by atoms with van der Waals surface area (Å²) in [6.45, 7) is 2.68. The van der Waals surface area contributed by atoms with Crippen LogP contribution in [0.25, 0.3) is 0 Å². The Kier molecular flexibility index (Phi) is 3.79. The average molecular weight is 283 g/mol. The van der Waals surface area contributed by atoms with Crippen molar-refractivity contribution >= 4 is 17.7 Å². The second-order valence-corrected chi connectivity index (χ2v) is 6.31. The molecule has 102 valence electrons. The number of thioether (sulfide) groups is 1. The van der Waals surface area contributed by atoms with Gasteiger partial charge >= 0.3 is 0 Å². The molecule has 0 spiro atoms. The smallest absolute Gasteiger partial charge is 0.234 e. The van der Waals surface area contributed by atoms with Crippen LogP contribution in [0.3, 0.4) is 0 Å². The molecule has 3 heteroatoms. The largest absolute Gasteiger partial charge is 0.351 e. The van der Waals surface area contributed by atoms with Gasteiger partial charge < -0.3 is 5.32 Å². The first-order valence-electron chi connectivity index (χ1n) is 6.81. The van der Waals surface area contributed by atoms with Crippen LogP contribution in [0.4, 0.5) is 0 Å². The van der Waals surface area contributed by atoms with E-state index < -0.39 is 0 Å². The van der Waals surface area contributed by atoms with E-state index in [0.717, 1.165) is 6.42 Å². The minimum Gasteiger partial charge on any atom is -0.351 e. The number of fused-ring (bicyclic) bond motifs is 1. The Balaban J connectivity index is 1.61. The van der Waals surface area contributed by atoms with Gasteiger partial charge in [-0.3, -0.25) is 4.79 Å². The van der Waals surface area contributed by atoms with Crippen LogP contribution < -0.4 is 5.32 Å². The summed E-state index contributed by atoms with van der Waals surface area (Å²) in [7, 11) is 0. The van der Waals surface area contributed by atoms with Crippen molar-refractivity contribution in [2.75, 3.05) is 0 Å². The number of amides is 1. The number of aryl methyl sites for hydroxylation is 1. The molecule has 2 nitrogen and oxygen atoms in total. The van der Waals surface area contributed by atoms with Gasteiger partial charge in [0.15, 0.2) is 0 Å².